The van der Waals surface area contributed by atoms with Gasteiger partial charge >= 0.3 is 5.97 Å². The predicted octanol–water partition coefficient (Wildman–Crippen LogP) is 3.47. The summed E-state index contributed by atoms with van der Waals surface area (Å²) in [5.41, 5.74) is 1.11. The molecule has 3 rings (SSSR count). The van der Waals surface area contributed by atoms with Crippen LogP contribution in [0.25, 0.3) is 0 Å². The summed E-state index contributed by atoms with van der Waals surface area (Å²) < 4.78 is 5.29. The van der Waals surface area contributed by atoms with Gasteiger partial charge < -0.3 is 14.4 Å². The largest absolute Gasteiger partial charge is 0.481 e. The molecule has 1 atom stereocenters. The number of carbonyl (C=O) groups excluding carboxylic acids is 1. The summed E-state index contributed by atoms with van der Waals surface area (Å²) in [5, 5.41) is 8.98. The lowest BCUT2D eigenvalue weighted by atomic mass is 10.1. The topological polar surface area (TPSA) is 70.7 Å². The van der Waals surface area contributed by atoms with Crippen molar-refractivity contribution in [2.75, 3.05) is 18.8 Å². The highest BCUT2D eigenvalue weighted by Gasteiger charge is 2.30. The maximum Gasteiger partial charge on any atom is 0.311 e. The minimum atomic E-state index is -0.998. The molecule has 0 spiro atoms. The van der Waals surface area contributed by atoms with Crippen LogP contribution in [0.4, 0.5) is 0 Å². The molecule has 0 radical (unpaired) electrons. The highest BCUT2D eigenvalue weighted by atomic mass is 32.2. The van der Waals surface area contributed by atoms with Crippen molar-refractivity contribution >= 4 is 23.6 Å². The highest BCUT2D eigenvalue weighted by Crippen LogP contribution is 2.28. The number of carboxylic acid groups (broad SMARTS) is 1. The molecule has 1 saturated heterocycles. The third-order valence-electron chi connectivity index (χ3n) is 4.38. The first-order valence-corrected chi connectivity index (χ1v) is 9.29. The molecular weight excluding hydrogens is 338 g/mol. The van der Waals surface area contributed by atoms with Crippen LogP contribution in [-0.4, -0.2) is 40.7 Å². The lowest BCUT2D eigenvalue weighted by molar-refractivity contribution is -0.136. The minimum absolute atomic E-state index is 0.116. The van der Waals surface area contributed by atoms with E-state index in [1.54, 1.807) is 6.92 Å². The van der Waals surface area contributed by atoms with Gasteiger partial charge in [0.05, 0.1) is 11.8 Å². The average molecular weight is 359 g/mol. The quantitative estimate of drug-likeness (QED) is 0.800. The Labute approximate surface area is 151 Å². The molecule has 1 amide bonds. The van der Waals surface area contributed by atoms with Crippen LogP contribution in [0.1, 0.15) is 28.1 Å². The van der Waals surface area contributed by atoms with E-state index in [1.165, 1.54) is 11.2 Å². The number of benzene rings is 1. The number of aliphatic carboxylic acids is 1. The number of nitrogens with zero attached hydrogens (tertiary/aromatic N) is 1. The number of hydrogen-bond acceptors (Lipinski definition) is 4. The van der Waals surface area contributed by atoms with Gasteiger partial charge in [-0.1, -0.05) is 18.2 Å². The first-order valence-electron chi connectivity index (χ1n) is 8.30. The molecule has 5 nitrogen and oxygen atoms in total. The Bertz CT molecular complexity index is 756. The molecule has 0 unspecified atom stereocenters. The van der Waals surface area contributed by atoms with Gasteiger partial charge in [-0.2, -0.15) is 0 Å². The Balaban J connectivity index is 1.61. The van der Waals surface area contributed by atoms with Crippen LogP contribution in [0.3, 0.4) is 0 Å². The zero-order chi connectivity index (χ0) is 17.8. The fraction of sp³-hybridized carbons (Fsp3) is 0.368. The second-order valence-electron chi connectivity index (χ2n) is 6.32. The van der Waals surface area contributed by atoms with Crippen molar-refractivity contribution in [2.24, 2.45) is 5.92 Å². The molecule has 132 valence electrons. The minimum Gasteiger partial charge on any atom is -0.481 e. The summed E-state index contributed by atoms with van der Waals surface area (Å²) in [4.78, 5) is 26.8. The van der Waals surface area contributed by atoms with Gasteiger partial charge in [-0.05, 0) is 31.4 Å². The molecule has 1 aromatic heterocycles. The molecule has 2 heterocycles. The Morgan fingerprint density at radius 1 is 1.32 bits per heavy atom. The third-order valence-corrected chi connectivity index (χ3v) is 5.62. The molecule has 0 bridgehead atoms. The van der Waals surface area contributed by atoms with E-state index in [2.05, 4.69) is 12.1 Å². The Kier molecular flexibility index (Phi) is 5.48. The number of carboxylic acids is 1. The van der Waals surface area contributed by atoms with Gasteiger partial charge in [-0.15, -0.1) is 11.8 Å². The van der Waals surface area contributed by atoms with Crippen molar-refractivity contribution in [3.8, 4) is 0 Å². The van der Waals surface area contributed by atoms with Crippen LogP contribution in [-0.2, 0) is 11.2 Å². The van der Waals surface area contributed by atoms with Crippen molar-refractivity contribution in [3.63, 3.8) is 0 Å². The highest BCUT2D eigenvalue weighted by molar-refractivity contribution is 7.99. The fourth-order valence-electron chi connectivity index (χ4n) is 3.09. The number of carbonyl (C=O) groups is 2. The van der Waals surface area contributed by atoms with Crippen LogP contribution in [0, 0.1) is 12.8 Å². The van der Waals surface area contributed by atoms with Gasteiger partial charge in [-0.3, -0.25) is 9.59 Å². The van der Waals surface area contributed by atoms with Crippen molar-refractivity contribution in [3.05, 3.63) is 53.5 Å². The summed E-state index contributed by atoms with van der Waals surface area (Å²) in [6.07, 6.45) is 2.16. The smallest absolute Gasteiger partial charge is 0.311 e. The lowest BCUT2D eigenvalue weighted by Crippen LogP contribution is -2.30. The maximum atomic E-state index is 12.8. The van der Waals surface area contributed by atoms with Crippen LogP contribution < -0.4 is 0 Å². The summed E-state index contributed by atoms with van der Waals surface area (Å²) in [7, 11) is 0. The van der Waals surface area contributed by atoms with E-state index < -0.39 is 5.97 Å². The van der Waals surface area contributed by atoms with Crippen molar-refractivity contribution < 1.29 is 19.1 Å². The number of hydrogen-bond donors (Lipinski definition) is 1. The Morgan fingerprint density at radius 3 is 2.80 bits per heavy atom. The van der Waals surface area contributed by atoms with E-state index in [4.69, 9.17) is 9.52 Å². The molecule has 1 aliphatic heterocycles. The molecule has 1 aromatic carbocycles. The second kappa shape index (κ2) is 7.78. The number of thioether (sulfide) groups is 1. The molecule has 2 aromatic rings. The zero-order valence-corrected chi connectivity index (χ0v) is 14.9. The SMILES string of the molecule is Cc1coc(CC(=O)O)c1C(=O)N1CC[C@@H](CSc2ccccc2)C1. The zero-order valence-electron chi connectivity index (χ0n) is 14.1. The van der Waals surface area contributed by atoms with E-state index in [9.17, 15) is 9.59 Å². The van der Waals surface area contributed by atoms with E-state index in [0.717, 1.165) is 12.2 Å². The van der Waals surface area contributed by atoms with Crippen molar-refractivity contribution in [1.82, 2.24) is 4.90 Å². The number of aryl methyl sites for hydroxylation is 1. The van der Waals surface area contributed by atoms with Crippen molar-refractivity contribution in [2.45, 2.75) is 24.7 Å². The van der Waals surface area contributed by atoms with Crippen LogP contribution in [0.5, 0.6) is 0 Å². The van der Waals surface area contributed by atoms with E-state index in [0.29, 0.717) is 30.1 Å². The predicted molar refractivity (Wildman–Crippen MR) is 96.0 cm³/mol. The molecule has 1 aliphatic rings. The van der Waals surface area contributed by atoms with Crippen molar-refractivity contribution in [1.29, 1.82) is 0 Å². The Morgan fingerprint density at radius 2 is 2.08 bits per heavy atom. The van der Waals surface area contributed by atoms with Gasteiger partial charge in [0.25, 0.3) is 5.91 Å². The van der Waals surface area contributed by atoms with Gasteiger partial charge in [-0.25, -0.2) is 0 Å². The van der Waals surface area contributed by atoms with Gasteiger partial charge in [0, 0.05) is 29.3 Å². The maximum absolute atomic E-state index is 12.8. The van der Waals surface area contributed by atoms with Crippen LogP contribution >= 0.6 is 11.8 Å². The molecule has 1 N–H and O–H groups in total. The van der Waals surface area contributed by atoms with Gasteiger partial charge in [0.15, 0.2) is 0 Å². The summed E-state index contributed by atoms with van der Waals surface area (Å²) in [5.74, 6) is 0.554. The molecule has 25 heavy (non-hydrogen) atoms. The first-order chi connectivity index (χ1) is 12.0. The molecule has 1 fully saturated rings. The number of furan rings is 1. The lowest BCUT2D eigenvalue weighted by Gasteiger charge is -2.17. The van der Waals surface area contributed by atoms with Gasteiger partial charge in [0.2, 0.25) is 0 Å². The molecular formula is C19H21NO4S. The normalized spacial score (nSPS) is 17.0. The summed E-state index contributed by atoms with van der Waals surface area (Å²) in [6.45, 7) is 3.19. The summed E-state index contributed by atoms with van der Waals surface area (Å²) >= 11 is 1.81. The summed E-state index contributed by atoms with van der Waals surface area (Å²) in [6, 6.07) is 10.2. The first kappa shape index (κ1) is 17.6. The van der Waals surface area contributed by atoms with Crippen LogP contribution in [0.15, 0.2) is 45.9 Å². The van der Waals surface area contributed by atoms with Gasteiger partial charge in [0.1, 0.15) is 12.2 Å². The van der Waals surface area contributed by atoms with Crippen LogP contribution in [0.2, 0.25) is 0 Å². The van der Waals surface area contributed by atoms with E-state index in [1.807, 2.05) is 34.9 Å². The Hall–Kier alpha value is -2.21. The molecule has 6 heteroatoms. The number of rotatable bonds is 6. The second-order valence-corrected chi connectivity index (χ2v) is 7.41. The van der Waals surface area contributed by atoms with E-state index in [-0.39, 0.29) is 18.1 Å². The van der Waals surface area contributed by atoms with E-state index >= 15 is 0 Å². The third kappa shape index (κ3) is 4.25. The fourth-order valence-corrected chi connectivity index (χ4v) is 4.14. The molecule has 0 aliphatic carbocycles. The molecule has 0 saturated carbocycles. The monoisotopic (exact) mass is 359 g/mol. The number of likely N-dealkylation sites (tertiary alicyclic amines) is 1. The standard InChI is InChI=1S/C19H21NO4S/c1-13-11-24-16(9-17(21)22)18(13)19(23)20-8-7-14(10-20)12-25-15-5-3-2-4-6-15/h2-6,11,14H,7-10,12H2,1H3,(H,21,22)/t14-/m1/s1. The number of amides is 1. The average Bonchev–Trinajstić information content (AvgIpc) is 3.20.